The van der Waals surface area contributed by atoms with Crippen molar-refractivity contribution >= 4 is 5.97 Å². The molecule has 1 aromatic rings. The number of carbonyl (C=O) groups is 1. The lowest BCUT2D eigenvalue weighted by Crippen LogP contribution is -2.51. The van der Waals surface area contributed by atoms with Gasteiger partial charge in [-0.3, -0.25) is 9.63 Å². The molecule has 0 radical (unpaired) electrons. The van der Waals surface area contributed by atoms with E-state index in [1.54, 1.807) is 12.1 Å². The summed E-state index contributed by atoms with van der Waals surface area (Å²) in [5.74, 6) is -4.32. The molecule has 0 unspecified atom stereocenters. The first kappa shape index (κ1) is 22.2. The van der Waals surface area contributed by atoms with Crippen LogP contribution in [0.25, 0.3) is 0 Å². The summed E-state index contributed by atoms with van der Waals surface area (Å²) in [6, 6.07) is 9.25. The summed E-state index contributed by atoms with van der Waals surface area (Å²) in [5, 5.41) is 1.65. The molecule has 0 saturated carbocycles. The van der Waals surface area contributed by atoms with Crippen LogP contribution in [-0.2, 0) is 38.1 Å². The second-order valence-corrected chi connectivity index (χ2v) is 9.69. The Kier molecular flexibility index (Phi) is 5.18. The number of esters is 1. The zero-order chi connectivity index (χ0) is 22.9. The number of ether oxygens (including phenoxy) is 6. The number of nitrogens with zero attached hydrogens (tertiary/aromatic N) is 1. The third kappa shape index (κ3) is 3.38. The zero-order valence-corrected chi connectivity index (χ0v) is 19.3. The van der Waals surface area contributed by atoms with Gasteiger partial charge in [0.1, 0.15) is 30.3 Å². The Morgan fingerprint density at radius 3 is 2.34 bits per heavy atom. The molecular formula is C23H31NO8. The molecule has 5 rings (SSSR count). The highest BCUT2D eigenvalue weighted by Crippen LogP contribution is 2.57. The number of rotatable bonds is 3. The fourth-order valence-electron chi connectivity index (χ4n) is 5.42. The van der Waals surface area contributed by atoms with Gasteiger partial charge in [0.2, 0.25) is 5.79 Å². The van der Waals surface area contributed by atoms with Crippen molar-refractivity contribution in [1.29, 1.82) is 0 Å². The summed E-state index contributed by atoms with van der Waals surface area (Å²) in [5.41, 5.74) is 0.908. The topological polar surface area (TPSA) is 84.9 Å². The molecule has 0 aromatic heterocycles. The van der Waals surface area contributed by atoms with Gasteiger partial charge in [-0.2, -0.15) is 5.06 Å². The van der Waals surface area contributed by atoms with Crippen LogP contribution < -0.4 is 0 Å². The average Bonchev–Trinajstić information content (AvgIpc) is 3.42. The van der Waals surface area contributed by atoms with Crippen LogP contribution in [0.15, 0.2) is 30.3 Å². The second kappa shape index (κ2) is 7.46. The van der Waals surface area contributed by atoms with Crippen LogP contribution in [0.4, 0.5) is 0 Å². The lowest BCUT2D eigenvalue weighted by molar-refractivity contribution is -0.343. The maximum atomic E-state index is 13.2. The molecule has 4 aliphatic heterocycles. The standard InChI is InChI=1S/C23H31NO8/c1-21(2)27-12-14(28-21)17-18-19(31-22(3,4)29-18)23(30-17)15(20(25)26-6)16(24(5)32-23)13-10-8-7-9-11-13/h7-11,14-19H,12H2,1-6H3/t14-,15-,16+,17+,18-,19-,23+/m1/s1. The second-order valence-electron chi connectivity index (χ2n) is 9.69. The first-order valence-electron chi connectivity index (χ1n) is 11.0. The number of hydroxylamine groups is 2. The van der Waals surface area contributed by atoms with E-state index in [-0.39, 0.29) is 0 Å². The Labute approximate surface area is 187 Å². The van der Waals surface area contributed by atoms with Crippen molar-refractivity contribution in [2.45, 2.75) is 75.5 Å². The van der Waals surface area contributed by atoms with Crippen LogP contribution in [0.1, 0.15) is 39.3 Å². The van der Waals surface area contributed by atoms with Crippen molar-refractivity contribution in [3.8, 4) is 0 Å². The largest absolute Gasteiger partial charge is 0.469 e. The van der Waals surface area contributed by atoms with E-state index in [9.17, 15) is 4.79 Å². The van der Waals surface area contributed by atoms with E-state index in [0.29, 0.717) is 6.61 Å². The summed E-state index contributed by atoms with van der Waals surface area (Å²) < 4.78 is 36.3. The molecule has 0 amide bonds. The first-order chi connectivity index (χ1) is 15.1. The maximum absolute atomic E-state index is 13.2. The van der Waals surface area contributed by atoms with E-state index in [0.717, 1.165) is 5.56 Å². The van der Waals surface area contributed by atoms with E-state index in [1.807, 2.05) is 58.0 Å². The Hall–Kier alpha value is -1.59. The SMILES string of the molecule is COC(=O)[C@H]1[C@H](c2ccccc2)N(C)O[C@@]12O[C@@H]([C@H]1COC(C)(C)O1)[C@H]1OC(C)(C)O[C@H]12. The molecule has 1 aromatic carbocycles. The molecule has 0 aliphatic carbocycles. The molecule has 176 valence electrons. The molecular weight excluding hydrogens is 418 g/mol. The van der Waals surface area contributed by atoms with Crippen molar-refractivity contribution in [3.63, 3.8) is 0 Å². The van der Waals surface area contributed by atoms with E-state index in [1.165, 1.54) is 7.11 Å². The normalized spacial score (nSPS) is 42.4. The number of carbonyl (C=O) groups excluding carboxylic acids is 1. The maximum Gasteiger partial charge on any atom is 0.316 e. The molecule has 1 spiro atoms. The summed E-state index contributed by atoms with van der Waals surface area (Å²) in [4.78, 5) is 19.6. The molecule has 4 heterocycles. The molecule has 9 nitrogen and oxygen atoms in total. The molecule has 0 bridgehead atoms. The van der Waals surface area contributed by atoms with Gasteiger partial charge >= 0.3 is 5.97 Å². The highest BCUT2D eigenvalue weighted by Gasteiger charge is 2.75. The van der Waals surface area contributed by atoms with Crippen molar-refractivity contribution in [1.82, 2.24) is 5.06 Å². The molecule has 7 atom stereocenters. The highest BCUT2D eigenvalue weighted by atomic mass is 16.9. The Bertz CT molecular complexity index is 876. The van der Waals surface area contributed by atoms with E-state index >= 15 is 0 Å². The smallest absolute Gasteiger partial charge is 0.316 e. The van der Waals surface area contributed by atoms with Gasteiger partial charge in [-0.1, -0.05) is 30.3 Å². The van der Waals surface area contributed by atoms with Gasteiger partial charge in [0, 0.05) is 7.05 Å². The van der Waals surface area contributed by atoms with Crippen LogP contribution in [-0.4, -0.2) is 73.6 Å². The van der Waals surface area contributed by atoms with Gasteiger partial charge in [-0.15, -0.1) is 0 Å². The number of fused-ring (bicyclic) bond motifs is 2. The lowest BCUT2D eigenvalue weighted by Gasteiger charge is -2.34. The molecule has 0 N–H and O–H groups in total. The lowest BCUT2D eigenvalue weighted by atomic mass is 9.84. The quantitative estimate of drug-likeness (QED) is 0.645. The van der Waals surface area contributed by atoms with Crippen molar-refractivity contribution in [2.24, 2.45) is 5.92 Å². The minimum absolute atomic E-state index is 0.335. The minimum atomic E-state index is -1.44. The number of hydrogen-bond donors (Lipinski definition) is 0. The molecule has 4 fully saturated rings. The van der Waals surface area contributed by atoms with Crippen molar-refractivity contribution < 1.29 is 38.1 Å². The fraction of sp³-hybridized carbons (Fsp3) is 0.696. The molecule has 32 heavy (non-hydrogen) atoms. The van der Waals surface area contributed by atoms with Gasteiger partial charge in [-0.05, 0) is 33.3 Å². The van der Waals surface area contributed by atoms with Crippen LogP contribution in [0.2, 0.25) is 0 Å². The average molecular weight is 450 g/mol. The van der Waals surface area contributed by atoms with Gasteiger partial charge < -0.3 is 28.4 Å². The zero-order valence-electron chi connectivity index (χ0n) is 19.3. The van der Waals surface area contributed by atoms with Crippen LogP contribution in [0.3, 0.4) is 0 Å². The fourth-order valence-corrected chi connectivity index (χ4v) is 5.42. The monoisotopic (exact) mass is 449 g/mol. The number of methoxy groups -OCH3 is 1. The molecule has 4 saturated heterocycles. The van der Waals surface area contributed by atoms with Crippen molar-refractivity contribution in [2.75, 3.05) is 20.8 Å². The van der Waals surface area contributed by atoms with Crippen molar-refractivity contribution in [3.05, 3.63) is 35.9 Å². The van der Waals surface area contributed by atoms with Crippen LogP contribution in [0, 0.1) is 5.92 Å². The third-order valence-electron chi connectivity index (χ3n) is 6.59. The Morgan fingerprint density at radius 2 is 1.72 bits per heavy atom. The highest BCUT2D eigenvalue weighted by molar-refractivity contribution is 5.75. The number of hydrogen-bond acceptors (Lipinski definition) is 9. The Balaban J connectivity index is 1.57. The predicted molar refractivity (Wildman–Crippen MR) is 110 cm³/mol. The summed E-state index contributed by atoms with van der Waals surface area (Å²) in [6.45, 7) is 7.72. The third-order valence-corrected chi connectivity index (χ3v) is 6.59. The summed E-state index contributed by atoms with van der Waals surface area (Å²) in [7, 11) is 3.15. The van der Waals surface area contributed by atoms with Gasteiger partial charge in [0.15, 0.2) is 11.6 Å². The number of benzene rings is 1. The van der Waals surface area contributed by atoms with Gasteiger partial charge in [-0.25, -0.2) is 0 Å². The van der Waals surface area contributed by atoms with Gasteiger partial charge in [0.25, 0.3) is 0 Å². The van der Waals surface area contributed by atoms with Crippen LogP contribution >= 0.6 is 0 Å². The van der Waals surface area contributed by atoms with E-state index in [2.05, 4.69) is 0 Å². The van der Waals surface area contributed by atoms with E-state index in [4.69, 9.17) is 33.3 Å². The van der Waals surface area contributed by atoms with Crippen LogP contribution in [0.5, 0.6) is 0 Å². The molecule has 9 heteroatoms. The van der Waals surface area contributed by atoms with E-state index < -0.39 is 59.7 Å². The predicted octanol–water partition coefficient (Wildman–Crippen LogP) is 2.16. The van der Waals surface area contributed by atoms with Gasteiger partial charge in [0.05, 0.1) is 19.8 Å². The summed E-state index contributed by atoms with van der Waals surface area (Å²) in [6.07, 6.45) is -2.14. The minimum Gasteiger partial charge on any atom is -0.469 e. The first-order valence-corrected chi connectivity index (χ1v) is 11.0. The molecule has 4 aliphatic rings. The summed E-state index contributed by atoms with van der Waals surface area (Å²) >= 11 is 0. The Morgan fingerprint density at radius 1 is 1.00 bits per heavy atom.